The van der Waals surface area contributed by atoms with Gasteiger partial charge in [0.2, 0.25) is 0 Å². The van der Waals surface area contributed by atoms with Gasteiger partial charge in [0, 0.05) is 17.7 Å². The average Bonchev–Trinajstić information content (AvgIpc) is 2.76. The first-order valence-corrected chi connectivity index (χ1v) is 9.59. The lowest BCUT2D eigenvalue weighted by Gasteiger charge is -2.08. The van der Waals surface area contributed by atoms with Gasteiger partial charge in [0.15, 0.2) is 11.7 Å². The molecule has 0 aliphatic carbocycles. The van der Waals surface area contributed by atoms with Gasteiger partial charge in [0.1, 0.15) is 6.04 Å². The molecule has 0 spiro atoms. The summed E-state index contributed by atoms with van der Waals surface area (Å²) in [4.78, 5) is 37.1. The Balaban J connectivity index is 0.000000348. The maximum atomic E-state index is 12.2. The van der Waals surface area contributed by atoms with Crippen LogP contribution in [0.15, 0.2) is 59.6 Å². The number of aliphatic carboxylic acids is 2. The Labute approximate surface area is 180 Å². The van der Waals surface area contributed by atoms with Crippen LogP contribution in [0.1, 0.15) is 47.2 Å². The number of carbonyl (C=O) groups is 3. The number of ketones is 1. The number of carbonyl (C=O) groups excluding carboxylic acids is 1. The Morgan fingerprint density at radius 3 is 2.10 bits per heavy atom. The molecule has 9 heteroatoms. The molecule has 31 heavy (non-hydrogen) atoms. The molecule has 2 atom stereocenters. The minimum atomic E-state index is -1.00. The molecule has 166 valence electrons. The van der Waals surface area contributed by atoms with Gasteiger partial charge in [-0.05, 0) is 31.4 Å². The third-order valence-electron chi connectivity index (χ3n) is 4.34. The Kier molecular flexibility index (Phi) is 10.4. The summed E-state index contributed by atoms with van der Waals surface area (Å²) in [6, 6.07) is 14.9. The molecule has 2 aromatic rings. The average molecular weight is 428 g/mol. The molecule has 0 bridgehead atoms. The highest BCUT2D eigenvalue weighted by Crippen LogP contribution is 2.18. The summed E-state index contributed by atoms with van der Waals surface area (Å²) in [5, 5.41) is 17.4. The Morgan fingerprint density at radius 1 is 0.935 bits per heavy atom. The van der Waals surface area contributed by atoms with Crippen LogP contribution in [0.25, 0.3) is 0 Å². The number of carboxylic acid groups (broad SMARTS) is 2. The zero-order valence-electron chi connectivity index (χ0n) is 17.3. The SMILES string of the molecule is CC(C(=O)O)c1cccc(C(=O)c2ccccc2)c1.NC(N)=NCCCC(N)C(=O)O. The highest BCUT2D eigenvalue weighted by atomic mass is 16.4. The first-order valence-electron chi connectivity index (χ1n) is 9.59. The summed E-state index contributed by atoms with van der Waals surface area (Å²) in [5.74, 6) is -2.61. The molecule has 0 radical (unpaired) electrons. The van der Waals surface area contributed by atoms with Crippen LogP contribution in [0.4, 0.5) is 0 Å². The molecular weight excluding hydrogens is 400 g/mol. The van der Waals surface area contributed by atoms with E-state index in [-0.39, 0.29) is 11.7 Å². The summed E-state index contributed by atoms with van der Waals surface area (Å²) in [6.45, 7) is 2.03. The lowest BCUT2D eigenvalue weighted by molar-refractivity contribution is -0.139. The molecule has 0 saturated carbocycles. The van der Waals surface area contributed by atoms with Crippen LogP contribution < -0.4 is 17.2 Å². The smallest absolute Gasteiger partial charge is 0.320 e. The molecular formula is C22H28N4O5. The summed E-state index contributed by atoms with van der Waals surface area (Å²) in [6.07, 6.45) is 0.956. The zero-order valence-corrected chi connectivity index (χ0v) is 17.3. The second kappa shape index (κ2) is 12.8. The van der Waals surface area contributed by atoms with E-state index in [0.717, 1.165) is 0 Å². The molecule has 0 aliphatic rings. The number of benzene rings is 2. The highest BCUT2D eigenvalue weighted by Gasteiger charge is 2.16. The van der Waals surface area contributed by atoms with Crippen molar-refractivity contribution in [3.63, 3.8) is 0 Å². The summed E-state index contributed by atoms with van der Waals surface area (Å²) in [5.41, 5.74) is 17.1. The molecule has 9 nitrogen and oxygen atoms in total. The maximum Gasteiger partial charge on any atom is 0.320 e. The van der Waals surface area contributed by atoms with Crippen molar-refractivity contribution in [2.75, 3.05) is 6.54 Å². The van der Waals surface area contributed by atoms with Crippen LogP contribution in [0, 0.1) is 0 Å². The van der Waals surface area contributed by atoms with E-state index in [0.29, 0.717) is 36.1 Å². The topological polar surface area (TPSA) is 182 Å². The van der Waals surface area contributed by atoms with Crippen LogP contribution in [-0.4, -0.2) is 46.5 Å². The zero-order chi connectivity index (χ0) is 23.4. The van der Waals surface area contributed by atoms with Crippen molar-refractivity contribution in [2.45, 2.75) is 31.7 Å². The molecule has 0 aliphatic heterocycles. The van der Waals surface area contributed by atoms with Gasteiger partial charge < -0.3 is 27.4 Å². The standard InChI is InChI=1S/C16H14O3.C6H14N4O2/c1-11(16(18)19)13-8-5-9-14(10-13)15(17)12-6-3-2-4-7-12;7-4(5(11)12)2-1-3-10-6(8)9/h2-11H,1H3,(H,18,19);4H,1-3,7H2,(H,11,12)(H4,8,9,10). The fraction of sp³-hybridized carbons (Fsp3) is 0.273. The number of carboxylic acids is 2. The lowest BCUT2D eigenvalue weighted by Crippen LogP contribution is -2.30. The van der Waals surface area contributed by atoms with E-state index in [1.165, 1.54) is 0 Å². The first-order chi connectivity index (χ1) is 14.6. The summed E-state index contributed by atoms with van der Waals surface area (Å²) in [7, 11) is 0. The predicted molar refractivity (Wildman–Crippen MR) is 118 cm³/mol. The van der Waals surface area contributed by atoms with Crippen molar-refractivity contribution in [1.82, 2.24) is 0 Å². The van der Waals surface area contributed by atoms with Crippen molar-refractivity contribution >= 4 is 23.7 Å². The molecule has 0 amide bonds. The van der Waals surface area contributed by atoms with Gasteiger partial charge in [0.25, 0.3) is 0 Å². The van der Waals surface area contributed by atoms with Gasteiger partial charge in [-0.2, -0.15) is 0 Å². The van der Waals surface area contributed by atoms with Gasteiger partial charge >= 0.3 is 11.9 Å². The van der Waals surface area contributed by atoms with Gasteiger partial charge in [-0.25, -0.2) is 0 Å². The lowest BCUT2D eigenvalue weighted by atomic mass is 9.96. The summed E-state index contributed by atoms with van der Waals surface area (Å²) >= 11 is 0. The van der Waals surface area contributed by atoms with E-state index in [2.05, 4.69) is 4.99 Å². The van der Waals surface area contributed by atoms with Crippen molar-refractivity contribution in [1.29, 1.82) is 0 Å². The number of nitrogens with zero attached hydrogens (tertiary/aromatic N) is 1. The normalized spacial score (nSPS) is 11.9. The Bertz CT molecular complexity index is 911. The van der Waals surface area contributed by atoms with Crippen molar-refractivity contribution in [3.8, 4) is 0 Å². The number of hydrogen-bond acceptors (Lipinski definition) is 5. The van der Waals surface area contributed by atoms with Crippen molar-refractivity contribution in [3.05, 3.63) is 71.3 Å². The third kappa shape index (κ3) is 9.09. The predicted octanol–water partition coefficient (Wildman–Crippen LogP) is 1.56. The highest BCUT2D eigenvalue weighted by molar-refractivity contribution is 6.09. The monoisotopic (exact) mass is 428 g/mol. The second-order valence-electron chi connectivity index (χ2n) is 6.77. The quantitative estimate of drug-likeness (QED) is 0.172. The van der Waals surface area contributed by atoms with Gasteiger partial charge in [0.05, 0.1) is 5.92 Å². The molecule has 2 aromatic carbocycles. The Morgan fingerprint density at radius 2 is 1.55 bits per heavy atom. The van der Waals surface area contributed by atoms with Gasteiger partial charge in [-0.15, -0.1) is 0 Å². The number of hydrogen-bond donors (Lipinski definition) is 5. The molecule has 0 saturated heterocycles. The van der Waals surface area contributed by atoms with Crippen LogP contribution in [-0.2, 0) is 9.59 Å². The third-order valence-corrected chi connectivity index (χ3v) is 4.34. The first kappa shape index (κ1) is 25.3. The fourth-order valence-corrected chi connectivity index (χ4v) is 2.49. The van der Waals surface area contributed by atoms with Crippen LogP contribution in [0.5, 0.6) is 0 Å². The second-order valence-corrected chi connectivity index (χ2v) is 6.77. The van der Waals surface area contributed by atoms with Crippen LogP contribution >= 0.6 is 0 Å². The van der Waals surface area contributed by atoms with E-state index in [4.69, 9.17) is 27.4 Å². The van der Waals surface area contributed by atoms with E-state index in [1.807, 2.05) is 6.07 Å². The fourth-order valence-electron chi connectivity index (χ4n) is 2.49. The minimum Gasteiger partial charge on any atom is -0.481 e. The molecule has 8 N–H and O–H groups in total. The van der Waals surface area contributed by atoms with E-state index in [1.54, 1.807) is 55.5 Å². The van der Waals surface area contributed by atoms with Crippen LogP contribution in [0.3, 0.4) is 0 Å². The number of aliphatic imine (C=N–C) groups is 1. The molecule has 0 fully saturated rings. The molecule has 2 unspecified atom stereocenters. The van der Waals surface area contributed by atoms with Crippen molar-refractivity contribution < 1.29 is 24.6 Å². The van der Waals surface area contributed by atoms with Gasteiger partial charge in [-0.1, -0.05) is 48.5 Å². The number of rotatable bonds is 9. The molecule has 0 heterocycles. The van der Waals surface area contributed by atoms with Crippen LogP contribution in [0.2, 0.25) is 0 Å². The maximum absolute atomic E-state index is 12.2. The summed E-state index contributed by atoms with van der Waals surface area (Å²) < 4.78 is 0. The molecule has 2 rings (SSSR count). The van der Waals surface area contributed by atoms with Gasteiger partial charge in [-0.3, -0.25) is 19.4 Å². The Hall–Kier alpha value is -3.72. The van der Waals surface area contributed by atoms with E-state index < -0.39 is 23.9 Å². The van der Waals surface area contributed by atoms with Crippen molar-refractivity contribution in [2.24, 2.45) is 22.2 Å². The largest absolute Gasteiger partial charge is 0.481 e. The van der Waals surface area contributed by atoms with E-state index >= 15 is 0 Å². The van der Waals surface area contributed by atoms with E-state index in [9.17, 15) is 14.4 Å². The number of guanidine groups is 1. The minimum absolute atomic E-state index is 0.0129. The number of nitrogens with two attached hydrogens (primary N) is 3. The molecule has 0 aromatic heterocycles.